The third-order valence-corrected chi connectivity index (χ3v) is 3.36. The molecule has 1 aromatic heterocycles. The molecule has 19 heavy (non-hydrogen) atoms. The number of hydrogen-bond donors (Lipinski definition) is 2. The van der Waals surface area contributed by atoms with Gasteiger partial charge in [0, 0.05) is 12.2 Å². The Balaban J connectivity index is 2.20. The largest absolute Gasteiger partial charge is 0.369 e. The number of benzene rings is 1. The van der Waals surface area contributed by atoms with Gasteiger partial charge < -0.3 is 10.6 Å². The SMILES string of the molecule is CCCNc1ncnc(Nc2cccc(C)c2)c1Br. The summed E-state index contributed by atoms with van der Waals surface area (Å²) in [4.78, 5) is 8.49. The van der Waals surface area contributed by atoms with Crippen molar-refractivity contribution in [2.24, 2.45) is 0 Å². The van der Waals surface area contributed by atoms with Gasteiger partial charge in [-0.15, -0.1) is 0 Å². The smallest absolute Gasteiger partial charge is 0.150 e. The number of aryl methyl sites for hydroxylation is 1. The van der Waals surface area contributed by atoms with Crippen LogP contribution < -0.4 is 10.6 Å². The van der Waals surface area contributed by atoms with Crippen molar-refractivity contribution in [2.75, 3.05) is 17.2 Å². The average Bonchev–Trinajstić information content (AvgIpc) is 2.40. The third kappa shape index (κ3) is 3.67. The minimum Gasteiger partial charge on any atom is -0.369 e. The van der Waals surface area contributed by atoms with Crippen molar-refractivity contribution >= 4 is 33.3 Å². The van der Waals surface area contributed by atoms with Gasteiger partial charge in [-0.1, -0.05) is 19.1 Å². The van der Waals surface area contributed by atoms with Gasteiger partial charge >= 0.3 is 0 Å². The molecule has 0 radical (unpaired) electrons. The summed E-state index contributed by atoms with van der Waals surface area (Å²) in [6.45, 7) is 5.07. The molecule has 0 fully saturated rings. The first-order valence-corrected chi connectivity index (χ1v) is 7.08. The lowest BCUT2D eigenvalue weighted by molar-refractivity contribution is 0.962. The number of nitrogens with zero attached hydrogens (tertiary/aromatic N) is 2. The number of halogens is 1. The van der Waals surface area contributed by atoms with Gasteiger partial charge in [0.1, 0.15) is 22.4 Å². The zero-order valence-electron chi connectivity index (χ0n) is 11.1. The van der Waals surface area contributed by atoms with Gasteiger partial charge in [-0.05, 0) is 47.0 Å². The quantitative estimate of drug-likeness (QED) is 0.870. The van der Waals surface area contributed by atoms with Crippen LogP contribution in [-0.2, 0) is 0 Å². The van der Waals surface area contributed by atoms with E-state index in [-0.39, 0.29) is 0 Å². The molecule has 0 aliphatic carbocycles. The first-order chi connectivity index (χ1) is 9.20. The van der Waals surface area contributed by atoms with Crippen LogP contribution in [0.3, 0.4) is 0 Å². The van der Waals surface area contributed by atoms with Gasteiger partial charge in [-0.25, -0.2) is 9.97 Å². The molecule has 0 unspecified atom stereocenters. The maximum atomic E-state index is 4.26. The Labute approximate surface area is 121 Å². The molecule has 2 rings (SSSR count). The molecule has 0 aliphatic heterocycles. The first-order valence-electron chi connectivity index (χ1n) is 6.28. The Morgan fingerprint density at radius 1 is 1.21 bits per heavy atom. The third-order valence-electron chi connectivity index (χ3n) is 2.61. The minimum absolute atomic E-state index is 0.763. The summed E-state index contributed by atoms with van der Waals surface area (Å²) in [5.74, 6) is 1.58. The van der Waals surface area contributed by atoms with Gasteiger partial charge in [0.05, 0.1) is 0 Å². The van der Waals surface area contributed by atoms with Crippen LogP contribution in [0.4, 0.5) is 17.3 Å². The van der Waals surface area contributed by atoms with Gasteiger partial charge in [0.25, 0.3) is 0 Å². The number of hydrogen-bond acceptors (Lipinski definition) is 4. The fourth-order valence-corrected chi connectivity index (χ4v) is 2.13. The second-order valence-electron chi connectivity index (χ2n) is 4.31. The maximum Gasteiger partial charge on any atom is 0.150 e. The van der Waals surface area contributed by atoms with Crippen molar-refractivity contribution in [1.29, 1.82) is 0 Å². The predicted molar refractivity (Wildman–Crippen MR) is 83.0 cm³/mol. The molecule has 100 valence electrons. The van der Waals surface area contributed by atoms with Crippen LogP contribution in [0.5, 0.6) is 0 Å². The zero-order chi connectivity index (χ0) is 13.7. The highest BCUT2D eigenvalue weighted by molar-refractivity contribution is 9.10. The molecule has 2 aromatic rings. The van der Waals surface area contributed by atoms with E-state index in [0.29, 0.717) is 0 Å². The Morgan fingerprint density at radius 3 is 2.74 bits per heavy atom. The van der Waals surface area contributed by atoms with Gasteiger partial charge in [0.15, 0.2) is 0 Å². The van der Waals surface area contributed by atoms with Gasteiger partial charge in [-0.2, -0.15) is 0 Å². The van der Waals surface area contributed by atoms with Crippen LogP contribution in [0.1, 0.15) is 18.9 Å². The topological polar surface area (TPSA) is 49.8 Å². The highest BCUT2D eigenvalue weighted by atomic mass is 79.9. The standard InChI is InChI=1S/C14H17BrN4/c1-3-7-16-13-12(15)14(18-9-17-13)19-11-6-4-5-10(2)8-11/h4-6,8-9H,3,7H2,1-2H3,(H2,16,17,18,19). The molecule has 0 saturated heterocycles. The molecule has 0 amide bonds. The second kappa shape index (κ2) is 6.52. The van der Waals surface area contributed by atoms with E-state index in [1.807, 2.05) is 12.1 Å². The molecule has 2 N–H and O–H groups in total. The van der Waals surface area contributed by atoms with Crippen LogP contribution in [0.15, 0.2) is 35.1 Å². The maximum absolute atomic E-state index is 4.26. The molecule has 4 nitrogen and oxygen atoms in total. The fourth-order valence-electron chi connectivity index (χ4n) is 1.68. The molecule has 0 atom stereocenters. The van der Waals surface area contributed by atoms with Crippen molar-refractivity contribution in [3.05, 3.63) is 40.6 Å². The molecule has 5 heteroatoms. The van der Waals surface area contributed by atoms with E-state index in [1.54, 1.807) is 6.33 Å². The summed E-state index contributed by atoms with van der Waals surface area (Å²) in [6.07, 6.45) is 2.61. The Kier molecular flexibility index (Phi) is 4.74. The van der Waals surface area contributed by atoms with E-state index in [1.165, 1.54) is 5.56 Å². The van der Waals surface area contributed by atoms with Crippen molar-refractivity contribution < 1.29 is 0 Å². The summed E-state index contributed by atoms with van der Waals surface area (Å²) in [6, 6.07) is 8.17. The first kappa shape index (κ1) is 13.8. The molecule has 0 spiro atoms. The van der Waals surface area contributed by atoms with Crippen LogP contribution in [-0.4, -0.2) is 16.5 Å². The van der Waals surface area contributed by atoms with Crippen LogP contribution >= 0.6 is 15.9 Å². The number of anilines is 3. The van der Waals surface area contributed by atoms with E-state index >= 15 is 0 Å². The molecule has 1 aromatic carbocycles. The Morgan fingerprint density at radius 2 is 2.00 bits per heavy atom. The van der Waals surface area contributed by atoms with Gasteiger partial charge in [-0.3, -0.25) is 0 Å². The Bertz CT molecular complexity index is 557. The predicted octanol–water partition coefficient (Wildman–Crippen LogP) is 4.11. The van der Waals surface area contributed by atoms with E-state index in [2.05, 4.69) is 62.5 Å². The lowest BCUT2D eigenvalue weighted by Gasteiger charge is -2.11. The number of rotatable bonds is 5. The summed E-state index contributed by atoms with van der Waals surface area (Å²) in [7, 11) is 0. The van der Waals surface area contributed by atoms with Crippen LogP contribution in [0.2, 0.25) is 0 Å². The second-order valence-corrected chi connectivity index (χ2v) is 5.10. The fraction of sp³-hybridized carbons (Fsp3) is 0.286. The highest BCUT2D eigenvalue weighted by Gasteiger charge is 2.08. The summed E-state index contributed by atoms with van der Waals surface area (Å²) in [5.41, 5.74) is 2.22. The van der Waals surface area contributed by atoms with Crippen LogP contribution in [0.25, 0.3) is 0 Å². The molecule has 0 aliphatic rings. The molecular weight excluding hydrogens is 304 g/mol. The average molecular weight is 321 g/mol. The summed E-state index contributed by atoms with van der Waals surface area (Å²) < 4.78 is 0.852. The minimum atomic E-state index is 0.763. The normalized spacial score (nSPS) is 10.3. The highest BCUT2D eigenvalue weighted by Crippen LogP contribution is 2.29. The van der Waals surface area contributed by atoms with Crippen LogP contribution in [0, 0.1) is 6.92 Å². The van der Waals surface area contributed by atoms with E-state index in [4.69, 9.17) is 0 Å². The lowest BCUT2D eigenvalue weighted by atomic mass is 10.2. The van der Waals surface area contributed by atoms with Crippen molar-refractivity contribution in [1.82, 2.24) is 9.97 Å². The molecule has 0 saturated carbocycles. The summed E-state index contributed by atoms with van der Waals surface area (Å²) in [5, 5.41) is 6.55. The lowest BCUT2D eigenvalue weighted by Crippen LogP contribution is -2.05. The van der Waals surface area contributed by atoms with Crippen molar-refractivity contribution in [3.63, 3.8) is 0 Å². The number of aromatic nitrogens is 2. The van der Waals surface area contributed by atoms with E-state index in [0.717, 1.165) is 34.8 Å². The molecular formula is C14H17BrN4. The monoisotopic (exact) mass is 320 g/mol. The summed E-state index contributed by atoms with van der Waals surface area (Å²) >= 11 is 3.54. The van der Waals surface area contributed by atoms with Gasteiger partial charge in [0.2, 0.25) is 0 Å². The van der Waals surface area contributed by atoms with E-state index < -0.39 is 0 Å². The van der Waals surface area contributed by atoms with Crippen molar-refractivity contribution in [3.8, 4) is 0 Å². The van der Waals surface area contributed by atoms with E-state index in [9.17, 15) is 0 Å². The molecule has 0 bridgehead atoms. The number of nitrogens with one attached hydrogen (secondary N) is 2. The Hall–Kier alpha value is -1.62. The molecule has 1 heterocycles. The van der Waals surface area contributed by atoms with Crippen molar-refractivity contribution in [2.45, 2.75) is 20.3 Å². The zero-order valence-corrected chi connectivity index (χ0v) is 12.7.